The van der Waals surface area contributed by atoms with Crippen LogP contribution in [0.15, 0.2) is 34.2 Å². The third kappa shape index (κ3) is 4.15. The number of hydrogen-bond acceptors (Lipinski definition) is 8. The predicted octanol–water partition coefficient (Wildman–Crippen LogP) is 3.21. The average molecular weight is 446 g/mol. The molecule has 0 saturated carbocycles. The van der Waals surface area contributed by atoms with Crippen molar-refractivity contribution in [3.8, 4) is 5.75 Å². The summed E-state index contributed by atoms with van der Waals surface area (Å²) >= 11 is 2.64. The van der Waals surface area contributed by atoms with Crippen LogP contribution in [-0.2, 0) is 11.3 Å². The Bertz CT molecular complexity index is 1120. The van der Waals surface area contributed by atoms with Crippen LogP contribution in [0, 0.1) is 0 Å². The van der Waals surface area contributed by atoms with Gasteiger partial charge in [0, 0.05) is 19.6 Å². The molecule has 1 N–H and O–H groups in total. The maximum Gasteiger partial charge on any atom is 0.273 e. The van der Waals surface area contributed by atoms with E-state index in [0.717, 1.165) is 31.1 Å². The molecule has 1 aliphatic heterocycles. The van der Waals surface area contributed by atoms with Crippen molar-refractivity contribution >= 4 is 50.2 Å². The summed E-state index contributed by atoms with van der Waals surface area (Å²) in [4.78, 5) is 36.8. The SMILES string of the molecule is CCn1c(SCC(=O)Nc2ccccc2OC)nc2nc(N3CCCC3)sc2c1=O. The summed E-state index contributed by atoms with van der Waals surface area (Å²) in [7, 11) is 1.56. The molecule has 4 rings (SSSR count). The Kier molecular flexibility index (Phi) is 6.24. The number of amides is 1. The van der Waals surface area contributed by atoms with Gasteiger partial charge in [-0.3, -0.25) is 14.2 Å². The van der Waals surface area contributed by atoms with Crippen molar-refractivity contribution in [3.05, 3.63) is 34.6 Å². The van der Waals surface area contributed by atoms with Crippen molar-refractivity contribution in [1.82, 2.24) is 14.5 Å². The van der Waals surface area contributed by atoms with Crippen LogP contribution in [0.25, 0.3) is 10.3 Å². The molecule has 0 aliphatic carbocycles. The molecule has 2 aromatic heterocycles. The number of fused-ring (bicyclic) bond motifs is 1. The first-order valence-electron chi connectivity index (χ1n) is 9.82. The van der Waals surface area contributed by atoms with Gasteiger partial charge in [-0.2, -0.15) is 4.98 Å². The van der Waals surface area contributed by atoms with Crippen molar-refractivity contribution in [2.24, 2.45) is 0 Å². The summed E-state index contributed by atoms with van der Waals surface area (Å²) in [5.74, 6) is 0.523. The van der Waals surface area contributed by atoms with Gasteiger partial charge in [-0.05, 0) is 31.9 Å². The number of methoxy groups -OCH3 is 1. The molecule has 1 aromatic carbocycles. The Morgan fingerprint density at radius 2 is 2.03 bits per heavy atom. The lowest BCUT2D eigenvalue weighted by Gasteiger charge is -2.11. The van der Waals surface area contributed by atoms with Crippen molar-refractivity contribution in [3.63, 3.8) is 0 Å². The van der Waals surface area contributed by atoms with E-state index in [-0.39, 0.29) is 17.2 Å². The molecule has 1 amide bonds. The highest BCUT2D eigenvalue weighted by Gasteiger charge is 2.21. The smallest absolute Gasteiger partial charge is 0.273 e. The van der Waals surface area contributed by atoms with E-state index in [0.29, 0.717) is 33.5 Å². The van der Waals surface area contributed by atoms with E-state index in [2.05, 4.69) is 20.2 Å². The van der Waals surface area contributed by atoms with Crippen LogP contribution < -0.4 is 20.5 Å². The molecular weight excluding hydrogens is 422 g/mol. The molecule has 1 aliphatic rings. The highest BCUT2D eigenvalue weighted by atomic mass is 32.2. The monoisotopic (exact) mass is 445 g/mol. The van der Waals surface area contributed by atoms with Gasteiger partial charge in [-0.15, -0.1) is 0 Å². The lowest BCUT2D eigenvalue weighted by Crippen LogP contribution is -2.23. The zero-order valence-electron chi connectivity index (χ0n) is 16.9. The highest BCUT2D eigenvalue weighted by Crippen LogP contribution is 2.29. The van der Waals surface area contributed by atoms with E-state index in [9.17, 15) is 9.59 Å². The van der Waals surface area contributed by atoms with Gasteiger partial charge < -0.3 is 15.0 Å². The van der Waals surface area contributed by atoms with Gasteiger partial charge >= 0.3 is 0 Å². The summed E-state index contributed by atoms with van der Waals surface area (Å²) in [5.41, 5.74) is 0.971. The van der Waals surface area contributed by atoms with E-state index < -0.39 is 0 Å². The van der Waals surface area contributed by atoms with Gasteiger partial charge in [0.1, 0.15) is 10.4 Å². The molecule has 3 heterocycles. The van der Waals surface area contributed by atoms with Crippen LogP contribution in [0.5, 0.6) is 5.75 Å². The molecule has 30 heavy (non-hydrogen) atoms. The summed E-state index contributed by atoms with van der Waals surface area (Å²) in [6.45, 7) is 4.31. The molecule has 8 nitrogen and oxygen atoms in total. The van der Waals surface area contributed by atoms with Gasteiger partial charge in [-0.25, -0.2) is 4.98 Å². The second-order valence-corrected chi connectivity index (χ2v) is 8.74. The van der Waals surface area contributed by atoms with Gasteiger partial charge in [0.2, 0.25) is 5.91 Å². The third-order valence-corrected chi connectivity index (χ3v) is 6.95. The first-order chi connectivity index (χ1) is 14.6. The fourth-order valence-corrected chi connectivity index (χ4v) is 5.23. The molecule has 0 radical (unpaired) electrons. The molecule has 0 bridgehead atoms. The van der Waals surface area contributed by atoms with Crippen molar-refractivity contribution < 1.29 is 9.53 Å². The number of carbonyl (C=O) groups is 1. The normalized spacial score (nSPS) is 13.7. The number of para-hydroxylation sites is 2. The maximum absolute atomic E-state index is 13.0. The summed E-state index contributed by atoms with van der Waals surface area (Å²) in [5, 5.41) is 4.20. The molecule has 10 heteroatoms. The number of benzene rings is 1. The van der Waals surface area contributed by atoms with E-state index >= 15 is 0 Å². The van der Waals surface area contributed by atoms with Crippen molar-refractivity contribution in [1.29, 1.82) is 0 Å². The number of rotatable bonds is 7. The van der Waals surface area contributed by atoms with E-state index in [1.54, 1.807) is 23.8 Å². The zero-order chi connectivity index (χ0) is 21.1. The number of carbonyl (C=O) groups excluding carboxylic acids is 1. The number of thioether (sulfide) groups is 1. The quantitative estimate of drug-likeness (QED) is 0.441. The van der Waals surface area contributed by atoms with Gasteiger partial charge in [0.15, 0.2) is 15.9 Å². The first-order valence-corrected chi connectivity index (χ1v) is 11.6. The number of ether oxygens (including phenoxy) is 1. The fourth-order valence-electron chi connectivity index (χ4n) is 3.37. The van der Waals surface area contributed by atoms with Crippen LogP contribution in [0.4, 0.5) is 10.8 Å². The largest absolute Gasteiger partial charge is 0.495 e. The number of hydrogen-bond donors (Lipinski definition) is 1. The fraction of sp³-hybridized carbons (Fsp3) is 0.400. The van der Waals surface area contributed by atoms with Crippen LogP contribution in [0.3, 0.4) is 0 Å². The molecule has 3 aromatic rings. The number of nitrogens with one attached hydrogen (secondary N) is 1. The zero-order valence-corrected chi connectivity index (χ0v) is 18.5. The standard InChI is InChI=1S/C20H23N5O3S2/c1-3-25-18(27)16-17(22-19(30-16)24-10-6-7-11-24)23-20(25)29-12-15(26)21-13-8-4-5-9-14(13)28-2/h4-5,8-9H,3,6-7,10-12H2,1-2H3,(H,21,26). The van der Waals surface area contributed by atoms with Gasteiger partial charge in [0.25, 0.3) is 5.56 Å². The Balaban J connectivity index is 1.54. The summed E-state index contributed by atoms with van der Waals surface area (Å²) in [6, 6.07) is 7.23. The molecule has 158 valence electrons. The third-order valence-electron chi connectivity index (χ3n) is 4.88. The Morgan fingerprint density at radius 3 is 2.77 bits per heavy atom. The topological polar surface area (TPSA) is 89.3 Å². The van der Waals surface area contributed by atoms with Crippen LogP contribution >= 0.6 is 23.1 Å². The molecule has 1 saturated heterocycles. The maximum atomic E-state index is 13.0. The number of nitrogens with zero attached hydrogens (tertiary/aromatic N) is 4. The predicted molar refractivity (Wildman–Crippen MR) is 121 cm³/mol. The molecule has 0 spiro atoms. The van der Waals surface area contributed by atoms with Crippen LogP contribution in [0.2, 0.25) is 0 Å². The Labute approximate surface area is 182 Å². The average Bonchev–Trinajstić information content (AvgIpc) is 3.42. The van der Waals surface area contributed by atoms with E-state index in [1.165, 1.54) is 23.1 Å². The highest BCUT2D eigenvalue weighted by molar-refractivity contribution is 7.99. The lowest BCUT2D eigenvalue weighted by molar-refractivity contribution is -0.113. The van der Waals surface area contributed by atoms with E-state index in [1.807, 2.05) is 19.1 Å². The minimum Gasteiger partial charge on any atom is -0.495 e. The van der Waals surface area contributed by atoms with Crippen molar-refractivity contribution in [2.45, 2.75) is 31.5 Å². The lowest BCUT2D eigenvalue weighted by atomic mass is 10.3. The molecule has 0 atom stereocenters. The molecular formula is C20H23N5O3S2. The second kappa shape index (κ2) is 9.05. The van der Waals surface area contributed by atoms with Crippen molar-refractivity contribution in [2.75, 3.05) is 36.2 Å². The molecule has 1 fully saturated rings. The number of anilines is 2. The van der Waals surface area contributed by atoms with Gasteiger partial charge in [-0.1, -0.05) is 35.2 Å². The molecule has 0 unspecified atom stereocenters. The summed E-state index contributed by atoms with van der Waals surface area (Å²) < 4.78 is 7.44. The first kappa shape index (κ1) is 20.7. The second-order valence-electron chi connectivity index (χ2n) is 6.82. The minimum absolute atomic E-state index is 0.0990. The number of aromatic nitrogens is 3. The summed E-state index contributed by atoms with van der Waals surface area (Å²) in [6.07, 6.45) is 2.29. The minimum atomic E-state index is -0.197. The number of thiazole rings is 1. The van der Waals surface area contributed by atoms with Crippen LogP contribution in [0.1, 0.15) is 19.8 Å². The van der Waals surface area contributed by atoms with Gasteiger partial charge in [0.05, 0.1) is 18.6 Å². The Morgan fingerprint density at radius 1 is 1.27 bits per heavy atom. The van der Waals surface area contributed by atoms with Crippen LogP contribution in [-0.4, -0.2) is 46.4 Å². The van der Waals surface area contributed by atoms with E-state index in [4.69, 9.17) is 4.74 Å². The Hall–Kier alpha value is -2.59.